The monoisotopic (exact) mass is 1390 g/mol. The number of carboxylic acid groups (broad SMARTS) is 2. The Morgan fingerprint density at radius 1 is 0.423 bits per heavy atom. The number of hydrogen-bond donors (Lipinski definition) is 3. The maximum Gasteiger partial charge on any atom is 0.410 e. The number of rotatable bonds is 18. The van der Waals surface area contributed by atoms with Crippen LogP contribution in [0.25, 0.3) is 33.4 Å². The molecule has 6 aromatic rings. The molecule has 97 heavy (non-hydrogen) atoms. The number of aliphatic carboxylic acids is 2. The van der Waals surface area contributed by atoms with Gasteiger partial charge in [-0.1, -0.05) is 147 Å². The Kier molecular flexibility index (Phi) is 28.0. The molecule has 3 aliphatic heterocycles. The molecule has 6 aromatic carbocycles. The SMILES string of the molecule is C.C.CC(C)(C)OC(=O)N1CC(C(CC(=O)c2ccc(-c3ccc(Cl)cc3)cc2)C(=O)O)C1.CC(C)(C)OC(=O)N1CC(C(CC(=O)c2ccc(-c3ccc(Cl)cc3)cc2)C(=O)O)C1.CCOC(=O)C(NC(=O)c1ccc(-c2ccc(Cl)cc2)cc1)C1CN(C(=O)OC(C)(C)C)C1. The van der Waals surface area contributed by atoms with Crippen molar-refractivity contribution >= 4 is 88.5 Å². The van der Waals surface area contributed by atoms with Crippen LogP contribution in [0.4, 0.5) is 14.4 Å². The van der Waals surface area contributed by atoms with Gasteiger partial charge in [-0.25, -0.2) is 19.2 Å². The summed E-state index contributed by atoms with van der Waals surface area (Å²) in [5.74, 6) is -5.91. The highest BCUT2D eigenvalue weighted by Crippen LogP contribution is 2.33. The summed E-state index contributed by atoms with van der Waals surface area (Å²) in [7, 11) is 0. The number of ketones is 2. The molecule has 0 saturated carbocycles. The summed E-state index contributed by atoms with van der Waals surface area (Å²) in [6.45, 7) is 19.6. The minimum absolute atomic E-state index is 0. The number of carboxylic acids is 2. The van der Waals surface area contributed by atoms with E-state index >= 15 is 0 Å². The summed E-state index contributed by atoms with van der Waals surface area (Å²) in [5.41, 5.74) is 5.28. The number of carbonyl (C=O) groups is 9. The van der Waals surface area contributed by atoms with Gasteiger partial charge >= 0.3 is 36.2 Å². The minimum Gasteiger partial charge on any atom is -0.481 e. The zero-order chi connectivity index (χ0) is 69.7. The molecule has 4 amide bonds. The third kappa shape index (κ3) is 23.2. The fraction of sp³-hybridized carbons (Fsp3) is 0.400. The first-order valence-electron chi connectivity index (χ1n) is 31.2. The highest BCUT2D eigenvalue weighted by atomic mass is 35.5. The van der Waals surface area contributed by atoms with Crippen LogP contribution < -0.4 is 5.32 Å². The summed E-state index contributed by atoms with van der Waals surface area (Å²) >= 11 is 17.8. The van der Waals surface area contributed by atoms with Crippen molar-refractivity contribution in [1.82, 2.24) is 20.0 Å². The van der Waals surface area contributed by atoms with E-state index in [1.54, 1.807) is 142 Å². The van der Waals surface area contributed by atoms with Crippen molar-refractivity contribution in [3.8, 4) is 33.4 Å². The van der Waals surface area contributed by atoms with Crippen LogP contribution in [0, 0.1) is 29.6 Å². The zero-order valence-electron chi connectivity index (χ0n) is 54.9. The summed E-state index contributed by atoms with van der Waals surface area (Å²) in [4.78, 5) is 115. The molecule has 0 radical (unpaired) electrons. The second kappa shape index (κ2) is 34.4. The van der Waals surface area contributed by atoms with Gasteiger partial charge in [0.05, 0.1) is 18.4 Å². The number of carbonyl (C=O) groups excluding carboxylic acids is 7. The lowest BCUT2D eigenvalue weighted by atomic mass is 9.81. The van der Waals surface area contributed by atoms with E-state index in [1.807, 2.05) is 72.8 Å². The fourth-order valence-electron chi connectivity index (χ4n) is 10.5. The summed E-state index contributed by atoms with van der Waals surface area (Å²) in [6.07, 6.45) is -1.58. The smallest absolute Gasteiger partial charge is 0.410 e. The Bertz CT molecular complexity index is 3520. The average Bonchev–Trinajstić information content (AvgIpc) is 0.823. The average molecular weight is 1390 g/mol. The van der Waals surface area contributed by atoms with Gasteiger partial charge in [0.1, 0.15) is 22.8 Å². The third-order valence-electron chi connectivity index (χ3n) is 15.7. The fourth-order valence-corrected chi connectivity index (χ4v) is 10.9. The number of halogens is 3. The number of esters is 1. The number of nitrogens with zero attached hydrogens (tertiary/aromatic N) is 3. The predicted octanol–water partition coefficient (Wildman–Crippen LogP) is 16.1. The van der Waals surface area contributed by atoms with Crippen molar-refractivity contribution in [2.24, 2.45) is 29.6 Å². The Balaban J connectivity index is 0.000000260. The van der Waals surface area contributed by atoms with Gasteiger partial charge in [0.2, 0.25) is 0 Å². The second-order valence-corrected chi connectivity index (χ2v) is 27.8. The number of nitrogens with one attached hydrogen (secondary N) is 1. The predicted molar refractivity (Wildman–Crippen MR) is 376 cm³/mol. The van der Waals surface area contributed by atoms with Crippen LogP contribution in [0.1, 0.15) is 128 Å². The maximum absolute atomic E-state index is 12.9. The molecule has 3 N–H and O–H groups in total. The number of likely N-dealkylation sites (tertiary alicyclic amines) is 3. The van der Waals surface area contributed by atoms with E-state index in [0.29, 0.717) is 44.8 Å². The molecular weight excluding hydrogens is 1300 g/mol. The van der Waals surface area contributed by atoms with E-state index in [2.05, 4.69) is 5.32 Å². The number of benzene rings is 6. The molecule has 19 nitrogen and oxygen atoms in total. The first-order valence-corrected chi connectivity index (χ1v) is 32.3. The summed E-state index contributed by atoms with van der Waals surface area (Å²) < 4.78 is 21.1. The lowest BCUT2D eigenvalue weighted by Gasteiger charge is -2.42. The molecule has 3 unspecified atom stereocenters. The Hall–Kier alpha value is -8.78. The van der Waals surface area contributed by atoms with Gasteiger partial charge in [0, 0.05) is 102 Å². The number of ether oxygens (including phenoxy) is 4. The van der Waals surface area contributed by atoms with Crippen LogP contribution in [-0.4, -0.2) is 147 Å². The number of Topliss-reactive ketones (excluding diaryl/α,β-unsaturated/α-hetero) is 2. The van der Waals surface area contributed by atoms with Crippen molar-refractivity contribution in [1.29, 1.82) is 0 Å². The van der Waals surface area contributed by atoms with E-state index < -0.39 is 70.9 Å². The van der Waals surface area contributed by atoms with Crippen molar-refractivity contribution in [3.05, 3.63) is 177 Å². The van der Waals surface area contributed by atoms with Gasteiger partial charge in [-0.2, -0.15) is 0 Å². The molecule has 0 aliphatic carbocycles. The van der Waals surface area contributed by atoms with Crippen molar-refractivity contribution in [2.45, 2.75) is 120 Å². The van der Waals surface area contributed by atoms with Crippen LogP contribution in [0.15, 0.2) is 146 Å². The Labute approximate surface area is 583 Å². The molecule has 3 aliphatic rings. The molecule has 9 rings (SSSR count). The minimum atomic E-state index is -1.03. The molecule has 0 spiro atoms. The first-order chi connectivity index (χ1) is 44.6. The van der Waals surface area contributed by atoms with Gasteiger partial charge < -0.3 is 49.2 Å². The zero-order valence-corrected chi connectivity index (χ0v) is 57.1. The Morgan fingerprint density at radius 2 is 0.670 bits per heavy atom. The van der Waals surface area contributed by atoms with E-state index in [0.717, 1.165) is 33.4 Å². The number of hydrogen-bond acceptors (Lipinski definition) is 13. The first kappa shape index (κ1) is 78.9. The van der Waals surface area contributed by atoms with Crippen LogP contribution in [0.3, 0.4) is 0 Å². The van der Waals surface area contributed by atoms with Gasteiger partial charge in [0.15, 0.2) is 11.6 Å². The lowest BCUT2D eigenvalue weighted by Crippen LogP contribution is -2.61. The van der Waals surface area contributed by atoms with E-state index in [-0.39, 0.29) is 95.7 Å². The van der Waals surface area contributed by atoms with E-state index in [4.69, 9.17) is 53.8 Å². The standard InChI is InChI=1S/C25H29ClN2O5.2C24H26ClNO5.2CH4/c1-5-32-23(30)21(19-14-28(15-19)24(31)33-25(2,3)4)27-22(29)18-8-6-16(7-9-18)17-10-12-20(26)13-11-17;2*1-24(2,3)31-23(30)26-13-18(14-26)20(22(28)29)12-21(27)17-6-4-15(5-7-17)16-8-10-19(25)11-9-16;;/h6-13,19,21H,5,14-15H2,1-4H3,(H,27,29);2*4-11,18,20H,12-14H2,1-3H3,(H,28,29);2*1H4. The lowest BCUT2D eigenvalue weighted by molar-refractivity contribution is -0.149. The maximum atomic E-state index is 12.9. The third-order valence-corrected chi connectivity index (χ3v) is 16.4. The normalized spacial score (nSPS) is 14.7. The molecule has 3 fully saturated rings. The topological polar surface area (TPSA) is 253 Å². The van der Waals surface area contributed by atoms with Gasteiger partial charge in [-0.15, -0.1) is 0 Å². The molecule has 0 bridgehead atoms. The quantitative estimate of drug-likeness (QED) is 0.0411. The number of amides is 4. The second-order valence-electron chi connectivity index (χ2n) is 26.5. The van der Waals surface area contributed by atoms with E-state index in [9.17, 15) is 53.4 Å². The van der Waals surface area contributed by atoms with Crippen LogP contribution in [0.5, 0.6) is 0 Å². The van der Waals surface area contributed by atoms with Gasteiger partial charge in [-0.05, 0) is 151 Å². The molecule has 3 saturated heterocycles. The molecule has 3 atom stereocenters. The van der Waals surface area contributed by atoms with Crippen molar-refractivity contribution in [3.63, 3.8) is 0 Å². The van der Waals surface area contributed by atoms with Crippen LogP contribution in [-0.2, 0) is 33.3 Å². The molecular formula is C75H89Cl3N4O15. The largest absolute Gasteiger partial charge is 0.481 e. The molecule has 3 heterocycles. The van der Waals surface area contributed by atoms with Crippen molar-refractivity contribution in [2.75, 3.05) is 45.9 Å². The van der Waals surface area contributed by atoms with Crippen molar-refractivity contribution < 1.29 is 72.3 Å². The van der Waals surface area contributed by atoms with Gasteiger partial charge in [-0.3, -0.25) is 24.0 Å². The van der Waals surface area contributed by atoms with Gasteiger partial charge in [0.25, 0.3) is 5.91 Å². The van der Waals surface area contributed by atoms with Crippen LogP contribution >= 0.6 is 34.8 Å². The van der Waals surface area contributed by atoms with Crippen LogP contribution in [0.2, 0.25) is 15.1 Å². The Morgan fingerprint density at radius 3 is 0.918 bits per heavy atom. The summed E-state index contributed by atoms with van der Waals surface area (Å²) in [5, 5.41) is 24.0. The molecule has 520 valence electrons. The highest BCUT2D eigenvalue weighted by molar-refractivity contribution is 6.31. The highest BCUT2D eigenvalue weighted by Gasteiger charge is 2.45. The summed E-state index contributed by atoms with van der Waals surface area (Å²) in [6, 6.07) is 42.6. The molecule has 22 heteroatoms. The van der Waals surface area contributed by atoms with E-state index in [1.165, 1.54) is 14.7 Å². The molecule has 0 aromatic heterocycles.